The number of aromatic nitrogens is 3. The fourth-order valence-corrected chi connectivity index (χ4v) is 3.20. The maximum atomic E-state index is 14.2. The number of fused-ring (bicyclic) bond motifs is 1. The predicted octanol–water partition coefficient (Wildman–Crippen LogP) is 2.62. The van der Waals surface area contributed by atoms with Gasteiger partial charge >= 0.3 is 0 Å². The van der Waals surface area contributed by atoms with Crippen molar-refractivity contribution < 1.29 is 18.0 Å². The van der Waals surface area contributed by atoms with Gasteiger partial charge in [0, 0.05) is 19.5 Å². The second-order valence-corrected chi connectivity index (χ2v) is 6.17. The van der Waals surface area contributed by atoms with Crippen molar-refractivity contribution in [3.8, 4) is 0 Å². The minimum Gasteiger partial charge on any atom is -0.335 e. The van der Waals surface area contributed by atoms with E-state index in [1.165, 1.54) is 9.58 Å². The molecular weight excluding hydrogens is 321 g/mol. The van der Waals surface area contributed by atoms with Crippen LogP contribution in [0.3, 0.4) is 0 Å². The maximum Gasteiger partial charge on any atom is 0.293 e. The van der Waals surface area contributed by atoms with Crippen LogP contribution in [-0.4, -0.2) is 45.1 Å². The molecular formula is C16H15F3N4O. The molecule has 126 valence electrons. The van der Waals surface area contributed by atoms with Crippen molar-refractivity contribution >= 4 is 5.91 Å². The maximum absolute atomic E-state index is 14.2. The normalized spacial score (nSPS) is 23.4. The first-order valence-corrected chi connectivity index (χ1v) is 7.77. The van der Waals surface area contributed by atoms with Crippen molar-refractivity contribution in [1.82, 2.24) is 19.7 Å². The summed E-state index contributed by atoms with van der Waals surface area (Å²) in [6.07, 6.45) is -3.51. The Labute approximate surface area is 136 Å². The number of halogens is 3. The van der Waals surface area contributed by atoms with E-state index >= 15 is 0 Å². The summed E-state index contributed by atoms with van der Waals surface area (Å²) < 4.78 is 40.7. The predicted molar refractivity (Wildman–Crippen MR) is 78.5 cm³/mol. The fraction of sp³-hybridized carbons (Fsp3) is 0.438. The summed E-state index contributed by atoms with van der Waals surface area (Å²) >= 11 is 0. The van der Waals surface area contributed by atoms with Gasteiger partial charge in [0.2, 0.25) is 12.2 Å². The Kier molecular flexibility index (Phi) is 3.54. The summed E-state index contributed by atoms with van der Waals surface area (Å²) in [7, 11) is 0. The van der Waals surface area contributed by atoms with Crippen molar-refractivity contribution in [2.45, 2.75) is 25.1 Å². The van der Waals surface area contributed by atoms with E-state index in [-0.39, 0.29) is 37.2 Å². The highest BCUT2D eigenvalue weighted by Gasteiger charge is 2.41. The summed E-state index contributed by atoms with van der Waals surface area (Å²) in [6, 6.07) is 9.01. The van der Waals surface area contributed by atoms with Crippen LogP contribution in [0.1, 0.15) is 40.6 Å². The zero-order chi connectivity index (χ0) is 16.8. The lowest BCUT2D eigenvalue weighted by Gasteiger charge is -2.37. The van der Waals surface area contributed by atoms with E-state index in [0.717, 1.165) is 5.56 Å². The van der Waals surface area contributed by atoms with E-state index in [1.54, 1.807) is 0 Å². The van der Waals surface area contributed by atoms with Gasteiger partial charge in [0.15, 0.2) is 12.0 Å². The van der Waals surface area contributed by atoms with Gasteiger partial charge in [-0.1, -0.05) is 30.3 Å². The van der Waals surface area contributed by atoms with E-state index in [2.05, 4.69) is 10.1 Å². The van der Waals surface area contributed by atoms with Crippen LogP contribution in [0.5, 0.6) is 0 Å². The molecule has 4 rings (SSSR count). The summed E-state index contributed by atoms with van der Waals surface area (Å²) in [5, 5.41) is 4.16. The molecule has 0 bridgehead atoms. The number of hydrogen-bond donors (Lipinski definition) is 0. The largest absolute Gasteiger partial charge is 0.335 e. The number of likely N-dealkylation sites (tertiary alicyclic amines) is 1. The summed E-state index contributed by atoms with van der Waals surface area (Å²) in [5.41, 5.74) is 0.893. The van der Waals surface area contributed by atoms with Crippen molar-refractivity contribution in [3.05, 3.63) is 47.5 Å². The molecule has 1 fully saturated rings. The average Bonchev–Trinajstić information content (AvgIpc) is 3.07. The van der Waals surface area contributed by atoms with Gasteiger partial charge in [-0.3, -0.25) is 4.79 Å². The van der Waals surface area contributed by atoms with Gasteiger partial charge in [0.25, 0.3) is 5.91 Å². The summed E-state index contributed by atoms with van der Waals surface area (Å²) in [6.45, 7) is -0.0247. The number of nitrogens with zero attached hydrogens (tertiary/aromatic N) is 4. The quantitative estimate of drug-likeness (QED) is 0.866. The van der Waals surface area contributed by atoms with E-state index in [9.17, 15) is 18.0 Å². The lowest BCUT2D eigenvalue weighted by Crippen LogP contribution is -2.52. The molecule has 5 nitrogen and oxygen atoms in total. The zero-order valence-corrected chi connectivity index (χ0v) is 12.6. The molecule has 2 aliphatic rings. The molecule has 0 saturated carbocycles. The topological polar surface area (TPSA) is 51.0 Å². The molecule has 2 aliphatic heterocycles. The second-order valence-electron chi connectivity index (χ2n) is 6.17. The average molecular weight is 336 g/mol. The van der Waals surface area contributed by atoms with Gasteiger partial charge in [-0.15, -0.1) is 5.10 Å². The van der Waals surface area contributed by atoms with Crippen molar-refractivity contribution in [2.24, 2.45) is 5.92 Å². The molecule has 3 heterocycles. The molecule has 2 atom stereocenters. The van der Waals surface area contributed by atoms with Crippen molar-refractivity contribution in [3.63, 3.8) is 0 Å². The number of carbonyl (C=O) groups is 1. The monoisotopic (exact) mass is 336 g/mol. The van der Waals surface area contributed by atoms with Crippen LogP contribution in [0, 0.1) is 5.92 Å². The highest BCUT2D eigenvalue weighted by Crippen LogP contribution is 2.39. The summed E-state index contributed by atoms with van der Waals surface area (Å²) in [4.78, 5) is 17.6. The van der Waals surface area contributed by atoms with Gasteiger partial charge in [-0.25, -0.2) is 22.8 Å². The van der Waals surface area contributed by atoms with Crippen LogP contribution in [-0.2, 0) is 0 Å². The summed E-state index contributed by atoms with van der Waals surface area (Å²) in [5.74, 6) is -1.32. The van der Waals surface area contributed by atoms with Gasteiger partial charge in [-0.05, 0) is 5.56 Å². The molecule has 1 amide bonds. The minimum atomic E-state index is -2.44. The third kappa shape index (κ3) is 2.37. The smallest absolute Gasteiger partial charge is 0.293 e. The lowest BCUT2D eigenvalue weighted by molar-refractivity contribution is -0.0157. The Morgan fingerprint density at radius 3 is 2.58 bits per heavy atom. The molecule has 8 heteroatoms. The highest BCUT2D eigenvalue weighted by molar-refractivity contribution is 5.91. The van der Waals surface area contributed by atoms with Crippen molar-refractivity contribution in [1.29, 1.82) is 0 Å². The van der Waals surface area contributed by atoms with E-state index in [0.29, 0.717) is 0 Å². The Morgan fingerprint density at radius 2 is 1.92 bits per heavy atom. The Hall–Kier alpha value is -2.38. The molecule has 1 aromatic heterocycles. The third-order valence-corrected chi connectivity index (χ3v) is 4.59. The van der Waals surface area contributed by atoms with Crippen LogP contribution >= 0.6 is 0 Å². The number of benzene rings is 1. The van der Waals surface area contributed by atoms with Crippen LogP contribution in [0.4, 0.5) is 13.2 Å². The number of hydrogen-bond acceptors (Lipinski definition) is 3. The molecule has 1 saturated heterocycles. The highest BCUT2D eigenvalue weighted by atomic mass is 19.3. The van der Waals surface area contributed by atoms with Crippen LogP contribution < -0.4 is 0 Å². The number of carbonyl (C=O) groups excluding carboxylic acids is 1. The van der Waals surface area contributed by atoms with Crippen molar-refractivity contribution in [2.75, 3.05) is 13.1 Å². The second kappa shape index (κ2) is 5.61. The Balaban J connectivity index is 1.56. The molecule has 2 aromatic rings. The first-order valence-electron chi connectivity index (χ1n) is 7.77. The third-order valence-electron chi connectivity index (χ3n) is 4.59. The van der Waals surface area contributed by atoms with Crippen LogP contribution in [0.2, 0.25) is 0 Å². The molecule has 24 heavy (non-hydrogen) atoms. The number of rotatable bonds is 3. The van der Waals surface area contributed by atoms with E-state index < -0.39 is 24.4 Å². The first kappa shape index (κ1) is 15.2. The molecule has 1 aromatic carbocycles. The Morgan fingerprint density at radius 1 is 1.21 bits per heavy atom. The SMILES string of the molecule is O=C(c1nc2n(n1)[C@H](c1ccccc1)C[C@@H]2F)N1CC(C(F)F)C1. The Bertz CT molecular complexity index is 758. The van der Waals surface area contributed by atoms with Crippen LogP contribution in [0.25, 0.3) is 0 Å². The van der Waals surface area contributed by atoms with Crippen LogP contribution in [0.15, 0.2) is 30.3 Å². The number of alkyl halides is 3. The zero-order valence-electron chi connectivity index (χ0n) is 12.6. The molecule has 0 aliphatic carbocycles. The molecule has 0 spiro atoms. The minimum absolute atomic E-state index is 0.0124. The standard InChI is InChI=1S/C16H15F3N4O/c17-11-6-12(9-4-2-1-3-5-9)23-15(11)20-14(21-23)16(24)22-7-10(8-22)13(18)19/h1-5,10-13H,6-8H2/t11-,12-/m0/s1. The lowest BCUT2D eigenvalue weighted by atomic mass is 10.0. The van der Waals surface area contributed by atoms with Gasteiger partial charge in [0.1, 0.15) is 0 Å². The van der Waals surface area contributed by atoms with Gasteiger partial charge in [-0.2, -0.15) is 0 Å². The van der Waals surface area contributed by atoms with Gasteiger partial charge < -0.3 is 4.90 Å². The van der Waals surface area contributed by atoms with Gasteiger partial charge in [0.05, 0.1) is 12.0 Å². The van der Waals surface area contributed by atoms with E-state index in [4.69, 9.17) is 0 Å². The van der Waals surface area contributed by atoms with E-state index in [1.807, 2.05) is 30.3 Å². The first-order chi connectivity index (χ1) is 11.5. The molecule has 0 radical (unpaired) electrons. The molecule has 0 unspecified atom stereocenters. The number of amides is 1. The fourth-order valence-electron chi connectivity index (χ4n) is 3.20. The molecule has 0 N–H and O–H groups in total.